The van der Waals surface area contributed by atoms with E-state index < -0.39 is 0 Å². The third-order valence-corrected chi connectivity index (χ3v) is 5.16. The zero-order chi connectivity index (χ0) is 14.9. The quantitative estimate of drug-likeness (QED) is 0.762. The Morgan fingerprint density at radius 2 is 2.29 bits per heavy atom. The first-order valence-electron chi connectivity index (χ1n) is 8.23. The summed E-state index contributed by atoms with van der Waals surface area (Å²) in [6.07, 6.45) is 5.94. The van der Waals surface area contributed by atoms with Gasteiger partial charge in [0.15, 0.2) is 0 Å². The normalized spacial score (nSPS) is 33.1. The molecule has 0 aromatic rings. The van der Waals surface area contributed by atoms with Crippen LogP contribution in [0.25, 0.3) is 0 Å². The van der Waals surface area contributed by atoms with Crippen LogP contribution in [-0.4, -0.2) is 74.4 Å². The predicted molar refractivity (Wildman–Crippen MR) is 80.1 cm³/mol. The molecule has 2 saturated heterocycles. The second-order valence-electron chi connectivity index (χ2n) is 7.09. The summed E-state index contributed by atoms with van der Waals surface area (Å²) in [5.41, 5.74) is -0.0866. The number of carbonyl (C=O) groups excluding carboxylic acids is 1. The van der Waals surface area contributed by atoms with Gasteiger partial charge >= 0.3 is 0 Å². The molecule has 120 valence electrons. The molecule has 3 aliphatic rings. The molecule has 1 spiro atoms. The van der Waals surface area contributed by atoms with Gasteiger partial charge in [-0.25, -0.2) is 0 Å². The summed E-state index contributed by atoms with van der Waals surface area (Å²) in [4.78, 5) is 16.5. The smallest absolute Gasteiger partial charge is 0.248 e. The molecule has 3 rings (SSSR count). The van der Waals surface area contributed by atoms with Crippen molar-refractivity contribution in [3.05, 3.63) is 0 Å². The van der Waals surface area contributed by atoms with E-state index in [2.05, 4.69) is 11.9 Å². The Labute approximate surface area is 127 Å². The van der Waals surface area contributed by atoms with Crippen LogP contribution in [0.5, 0.6) is 0 Å². The van der Waals surface area contributed by atoms with Crippen molar-refractivity contribution in [2.24, 2.45) is 5.92 Å². The van der Waals surface area contributed by atoms with Gasteiger partial charge in [0.2, 0.25) is 5.91 Å². The molecule has 0 N–H and O–H groups in total. The highest BCUT2D eigenvalue weighted by atomic mass is 16.5. The van der Waals surface area contributed by atoms with Gasteiger partial charge in [-0.15, -0.1) is 0 Å². The monoisotopic (exact) mass is 296 g/mol. The summed E-state index contributed by atoms with van der Waals surface area (Å²) in [6.45, 7) is 3.77. The van der Waals surface area contributed by atoms with Crippen molar-refractivity contribution < 1.29 is 14.3 Å². The summed E-state index contributed by atoms with van der Waals surface area (Å²) in [5.74, 6) is 0.715. The highest BCUT2D eigenvalue weighted by Gasteiger charge is 2.45. The lowest BCUT2D eigenvalue weighted by molar-refractivity contribution is -0.143. The highest BCUT2D eigenvalue weighted by molar-refractivity contribution is 5.77. The van der Waals surface area contributed by atoms with Crippen LogP contribution in [0.2, 0.25) is 0 Å². The molecule has 2 aliphatic heterocycles. The number of hydrogen-bond acceptors (Lipinski definition) is 4. The van der Waals surface area contributed by atoms with Crippen molar-refractivity contribution in [2.45, 2.75) is 43.7 Å². The van der Waals surface area contributed by atoms with E-state index in [9.17, 15) is 4.79 Å². The molecule has 0 radical (unpaired) electrons. The Morgan fingerprint density at radius 3 is 3.00 bits per heavy atom. The maximum atomic E-state index is 12.0. The van der Waals surface area contributed by atoms with Crippen LogP contribution in [0.4, 0.5) is 0 Å². The number of rotatable bonds is 5. The third-order valence-electron chi connectivity index (χ3n) is 5.16. The second-order valence-corrected chi connectivity index (χ2v) is 7.09. The van der Waals surface area contributed by atoms with Gasteiger partial charge < -0.3 is 19.3 Å². The maximum absolute atomic E-state index is 12.0. The largest absolute Gasteiger partial charge is 0.375 e. The van der Waals surface area contributed by atoms with Gasteiger partial charge in [-0.05, 0) is 45.1 Å². The van der Waals surface area contributed by atoms with Gasteiger partial charge in [0.25, 0.3) is 0 Å². The molecule has 0 aromatic carbocycles. The first-order chi connectivity index (χ1) is 10.1. The van der Waals surface area contributed by atoms with Crippen LogP contribution in [0, 0.1) is 5.92 Å². The number of amides is 1. The van der Waals surface area contributed by atoms with Crippen molar-refractivity contribution in [1.82, 2.24) is 9.80 Å². The first-order valence-corrected chi connectivity index (χ1v) is 8.23. The van der Waals surface area contributed by atoms with Gasteiger partial charge in [-0.2, -0.15) is 0 Å². The van der Waals surface area contributed by atoms with Crippen LogP contribution in [0.15, 0.2) is 0 Å². The molecular weight excluding hydrogens is 268 g/mol. The van der Waals surface area contributed by atoms with Gasteiger partial charge in [-0.3, -0.25) is 4.79 Å². The van der Waals surface area contributed by atoms with Gasteiger partial charge in [0.1, 0.15) is 6.61 Å². The van der Waals surface area contributed by atoms with E-state index in [4.69, 9.17) is 9.47 Å². The van der Waals surface area contributed by atoms with Crippen molar-refractivity contribution in [2.75, 3.05) is 47.0 Å². The minimum absolute atomic E-state index is 0.0866. The topological polar surface area (TPSA) is 42.0 Å². The number of piperidine rings is 1. The summed E-state index contributed by atoms with van der Waals surface area (Å²) in [6, 6.07) is 0.813. The average molecular weight is 296 g/mol. The number of ether oxygens (including phenoxy) is 2. The molecule has 2 heterocycles. The number of nitrogens with zero attached hydrogens (tertiary/aromatic N) is 2. The summed E-state index contributed by atoms with van der Waals surface area (Å²) in [7, 11) is 3.81. The lowest BCUT2D eigenvalue weighted by Crippen LogP contribution is -2.51. The van der Waals surface area contributed by atoms with Crippen molar-refractivity contribution in [1.29, 1.82) is 0 Å². The molecule has 1 aliphatic carbocycles. The third kappa shape index (κ3) is 3.58. The van der Waals surface area contributed by atoms with Gasteiger partial charge in [-0.1, -0.05) is 0 Å². The summed E-state index contributed by atoms with van der Waals surface area (Å²) in [5, 5.41) is 0. The lowest BCUT2D eigenvalue weighted by Gasteiger charge is -2.39. The van der Waals surface area contributed by atoms with E-state index in [-0.39, 0.29) is 18.1 Å². The van der Waals surface area contributed by atoms with Crippen LogP contribution in [0.3, 0.4) is 0 Å². The van der Waals surface area contributed by atoms with E-state index in [1.165, 1.54) is 12.8 Å². The number of carbonyl (C=O) groups is 1. The second kappa shape index (κ2) is 6.23. The van der Waals surface area contributed by atoms with Crippen molar-refractivity contribution in [3.8, 4) is 0 Å². The zero-order valence-electron chi connectivity index (χ0n) is 13.3. The van der Waals surface area contributed by atoms with Crippen molar-refractivity contribution in [3.63, 3.8) is 0 Å². The Morgan fingerprint density at radius 1 is 1.48 bits per heavy atom. The molecular formula is C16H28N2O3. The first kappa shape index (κ1) is 15.3. The summed E-state index contributed by atoms with van der Waals surface area (Å²) < 4.78 is 11.2. The average Bonchev–Trinajstić information content (AvgIpc) is 3.25. The molecule has 0 bridgehead atoms. The molecule has 2 atom stereocenters. The molecule has 1 saturated carbocycles. The molecule has 3 fully saturated rings. The van der Waals surface area contributed by atoms with Crippen molar-refractivity contribution >= 4 is 5.91 Å². The van der Waals surface area contributed by atoms with Gasteiger partial charge in [0.05, 0.1) is 12.2 Å². The minimum Gasteiger partial charge on any atom is -0.375 e. The maximum Gasteiger partial charge on any atom is 0.248 e. The van der Waals surface area contributed by atoms with Crippen LogP contribution >= 0.6 is 0 Å². The number of hydrogen-bond donors (Lipinski definition) is 0. The van der Waals surface area contributed by atoms with E-state index in [1.54, 1.807) is 7.11 Å². The van der Waals surface area contributed by atoms with Gasteiger partial charge in [0, 0.05) is 32.8 Å². The molecule has 0 unspecified atom stereocenters. The zero-order valence-corrected chi connectivity index (χ0v) is 13.3. The van der Waals surface area contributed by atoms with E-state index >= 15 is 0 Å². The fourth-order valence-corrected chi connectivity index (χ4v) is 3.94. The fourth-order valence-electron chi connectivity index (χ4n) is 3.94. The Bertz CT molecular complexity index is 386. The number of methoxy groups -OCH3 is 1. The molecule has 0 aromatic heterocycles. The molecule has 1 amide bonds. The van der Waals surface area contributed by atoms with Crippen LogP contribution < -0.4 is 0 Å². The van der Waals surface area contributed by atoms with E-state index in [0.717, 1.165) is 51.5 Å². The highest BCUT2D eigenvalue weighted by Crippen LogP contribution is 2.38. The van der Waals surface area contributed by atoms with E-state index in [0.29, 0.717) is 5.92 Å². The minimum atomic E-state index is -0.0866. The molecule has 5 nitrogen and oxygen atoms in total. The molecule has 21 heavy (non-hydrogen) atoms. The SMILES string of the molecule is COCC(=O)N1CCC[C@]2(C[C@@H](CN(C)C3CC3)CO2)C1. The van der Waals surface area contributed by atoms with E-state index in [1.807, 2.05) is 4.90 Å². The predicted octanol–water partition coefficient (Wildman–Crippen LogP) is 1.12. The number of likely N-dealkylation sites (tertiary alicyclic amines) is 1. The van der Waals surface area contributed by atoms with Crippen LogP contribution in [0.1, 0.15) is 32.1 Å². The Balaban J connectivity index is 1.53. The van der Waals surface area contributed by atoms with Crippen LogP contribution in [-0.2, 0) is 14.3 Å². The lowest BCUT2D eigenvalue weighted by atomic mass is 9.86. The Kier molecular flexibility index (Phi) is 4.52. The standard InChI is InChI=1S/C16H28N2O3/c1-17(14-4-5-14)9-13-8-16(21-10-13)6-3-7-18(12-16)15(19)11-20-2/h13-14H,3-12H2,1-2H3/t13-,16-/m0/s1. The summed E-state index contributed by atoms with van der Waals surface area (Å²) >= 11 is 0. The molecule has 5 heteroatoms. The Hall–Kier alpha value is -0.650. The fraction of sp³-hybridized carbons (Fsp3) is 0.938.